The van der Waals surface area contributed by atoms with Gasteiger partial charge in [-0.15, -0.1) is 10.2 Å². The maximum absolute atomic E-state index is 5.79. The zero-order valence-corrected chi connectivity index (χ0v) is 8.32. The highest BCUT2D eigenvalue weighted by atomic mass is 35.5. The van der Waals surface area contributed by atoms with Gasteiger partial charge in [-0.2, -0.15) is 0 Å². The first-order valence-electron chi connectivity index (χ1n) is 4.23. The first-order chi connectivity index (χ1) is 6.81. The molecule has 72 valence electrons. The van der Waals surface area contributed by atoms with E-state index in [0.29, 0.717) is 16.7 Å². The molecule has 5 heteroatoms. The van der Waals surface area contributed by atoms with Gasteiger partial charge in [0.25, 0.3) is 5.89 Å². The van der Waals surface area contributed by atoms with Gasteiger partial charge in [0.05, 0.1) is 0 Å². The summed E-state index contributed by atoms with van der Waals surface area (Å²) in [4.78, 5) is 4.16. The molecule has 2 rings (SSSR count). The van der Waals surface area contributed by atoms with Crippen molar-refractivity contribution >= 4 is 11.6 Å². The molecule has 0 unspecified atom stereocenters. The monoisotopic (exact) mass is 209 g/mol. The predicted molar refractivity (Wildman–Crippen MR) is 51.9 cm³/mol. The number of aromatic nitrogens is 3. The molecule has 0 aliphatic carbocycles. The number of pyridine rings is 1. The Bertz CT molecular complexity index is 428. The molecule has 14 heavy (non-hydrogen) atoms. The minimum Gasteiger partial charge on any atom is -0.422 e. The largest absolute Gasteiger partial charge is 0.422 e. The fourth-order valence-electron chi connectivity index (χ4n) is 1.21. The normalized spacial score (nSPS) is 10.4. The molecule has 2 heterocycles. The molecule has 0 N–H and O–H groups in total. The van der Waals surface area contributed by atoms with Gasteiger partial charge in [0, 0.05) is 0 Å². The summed E-state index contributed by atoms with van der Waals surface area (Å²) in [6, 6.07) is 3.66. The molecule has 0 spiro atoms. The van der Waals surface area contributed by atoms with Crippen molar-refractivity contribution < 1.29 is 4.42 Å². The summed E-state index contributed by atoms with van der Waals surface area (Å²) >= 11 is 5.79. The molecular formula is C9H8ClN3O. The fourth-order valence-corrected chi connectivity index (χ4v) is 1.36. The molecule has 0 saturated carbocycles. The van der Waals surface area contributed by atoms with E-state index >= 15 is 0 Å². The lowest BCUT2D eigenvalue weighted by molar-refractivity contribution is 0.565. The van der Waals surface area contributed by atoms with Crippen molar-refractivity contribution in [2.24, 2.45) is 0 Å². The third kappa shape index (κ3) is 1.61. The molecule has 2 aromatic heterocycles. The van der Waals surface area contributed by atoms with Crippen LogP contribution >= 0.6 is 11.6 Å². The zero-order chi connectivity index (χ0) is 9.97. The van der Waals surface area contributed by atoms with E-state index in [-0.39, 0.29) is 0 Å². The Kier molecular flexibility index (Phi) is 2.45. The highest BCUT2D eigenvalue weighted by Crippen LogP contribution is 2.21. The smallest absolute Gasteiger partial charge is 0.266 e. The van der Waals surface area contributed by atoms with Gasteiger partial charge in [-0.05, 0) is 18.1 Å². The van der Waals surface area contributed by atoms with E-state index in [1.807, 2.05) is 13.0 Å². The SMILES string of the molecule is CCc1ccc(Cl)nc1-c1nnco1. The van der Waals surface area contributed by atoms with Gasteiger partial charge in [0.2, 0.25) is 6.39 Å². The Morgan fingerprint density at radius 3 is 2.93 bits per heavy atom. The van der Waals surface area contributed by atoms with Crippen molar-refractivity contribution in [3.8, 4) is 11.6 Å². The van der Waals surface area contributed by atoms with E-state index in [1.165, 1.54) is 6.39 Å². The van der Waals surface area contributed by atoms with Crippen molar-refractivity contribution in [1.82, 2.24) is 15.2 Å². The van der Waals surface area contributed by atoms with Crippen LogP contribution in [0, 0.1) is 0 Å². The van der Waals surface area contributed by atoms with Crippen LogP contribution in [0.1, 0.15) is 12.5 Å². The van der Waals surface area contributed by atoms with E-state index in [9.17, 15) is 0 Å². The molecule has 0 aliphatic rings. The molecule has 0 radical (unpaired) electrons. The third-order valence-electron chi connectivity index (χ3n) is 1.89. The molecule has 0 aliphatic heterocycles. The number of aryl methyl sites for hydroxylation is 1. The second-order valence-corrected chi connectivity index (χ2v) is 3.13. The summed E-state index contributed by atoms with van der Waals surface area (Å²) in [6.45, 7) is 2.03. The molecule has 0 atom stereocenters. The molecule has 0 amide bonds. The maximum atomic E-state index is 5.79. The standard InChI is InChI=1S/C9H8ClN3O/c1-2-6-3-4-7(10)12-8(6)9-13-11-5-14-9/h3-5H,2H2,1H3. The zero-order valence-electron chi connectivity index (χ0n) is 7.57. The average molecular weight is 210 g/mol. The predicted octanol–water partition coefficient (Wildman–Crippen LogP) is 2.35. The minimum absolute atomic E-state index is 0.407. The summed E-state index contributed by atoms with van der Waals surface area (Å²) in [5.74, 6) is 0.407. The van der Waals surface area contributed by atoms with Crippen LogP contribution in [-0.2, 0) is 6.42 Å². The molecular weight excluding hydrogens is 202 g/mol. The molecule has 2 aromatic rings. The minimum atomic E-state index is 0.407. The summed E-state index contributed by atoms with van der Waals surface area (Å²) in [6.07, 6.45) is 2.12. The molecule has 0 fully saturated rings. The Balaban J connectivity index is 2.55. The highest BCUT2D eigenvalue weighted by molar-refractivity contribution is 6.29. The van der Waals surface area contributed by atoms with Crippen LogP contribution in [0.15, 0.2) is 22.9 Å². The van der Waals surface area contributed by atoms with Gasteiger partial charge >= 0.3 is 0 Å². The number of hydrogen-bond donors (Lipinski definition) is 0. The number of nitrogens with zero attached hydrogens (tertiary/aromatic N) is 3. The van der Waals surface area contributed by atoms with Crippen LogP contribution in [0.25, 0.3) is 11.6 Å². The van der Waals surface area contributed by atoms with Crippen LogP contribution in [0.2, 0.25) is 5.15 Å². The summed E-state index contributed by atoms with van der Waals surface area (Å²) in [5.41, 5.74) is 1.70. The summed E-state index contributed by atoms with van der Waals surface area (Å²) in [7, 11) is 0. The van der Waals surface area contributed by atoms with Gasteiger partial charge in [0.15, 0.2) is 0 Å². The Hall–Kier alpha value is -1.42. The van der Waals surface area contributed by atoms with Gasteiger partial charge in [-0.3, -0.25) is 0 Å². The van der Waals surface area contributed by atoms with Gasteiger partial charge in [-0.25, -0.2) is 4.98 Å². The van der Waals surface area contributed by atoms with E-state index in [4.69, 9.17) is 16.0 Å². The maximum Gasteiger partial charge on any atom is 0.266 e. The lowest BCUT2D eigenvalue weighted by atomic mass is 10.1. The van der Waals surface area contributed by atoms with Gasteiger partial charge in [-0.1, -0.05) is 24.6 Å². The molecule has 0 bridgehead atoms. The summed E-state index contributed by atoms with van der Waals surface area (Å²) in [5, 5.41) is 7.83. The molecule has 0 aromatic carbocycles. The average Bonchev–Trinajstić information content (AvgIpc) is 2.70. The van der Waals surface area contributed by atoms with Crippen LogP contribution in [0.5, 0.6) is 0 Å². The van der Waals surface area contributed by atoms with E-state index in [2.05, 4.69) is 15.2 Å². The van der Waals surface area contributed by atoms with E-state index in [0.717, 1.165) is 12.0 Å². The fraction of sp³-hybridized carbons (Fsp3) is 0.222. The first-order valence-corrected chi connectivity index (χ1v) is 4.61. The topological polar surface area (TPSA) is 51.8 Å². The quantitative estimate of drug-likeness (QED) is 0.713. The Labute approximate surface area is 85.9 Å². The van der Waals surface area contributed by atoms with Gasteiger partial charge < -0.3 is 4.42 Å². The van der Waals surface area contributed by atoms with Crippen molar-refractivity contribution in [1.29, 1.82) is 0 Å². The lowest BCUT2D eigenvalue weighted by Gasteiger charge is -2.02. The van der Waals surface area contributed by atoms with Gasteiger partial charge in [0.1, 0.15) is 10.8 Å². The Morgan fingerprint density at radius 1 is 1.43 bits per heavy atom. The Morgan fingerprint density at radius 2 is 2.29 bits per heavy atom. The van der Waals surface area contributed by atoms with E-state index in [1.54, 1.807) is 6.07 Å². The first kappa shape index (κ1) is 9.15. The third-order valence-corrected chi connectivity index (χ3v) is 2.10. The van der Waals surface area contributed by atoms with Crippen molar-refractivity contribution in [3.05, 3.63) is 29.2 Å². The number of rotatable bonds is 2. The van der Waals surface area contributed by atoms with E-state index < -0.39 is 0 Å². The second kappa shape index (κ2) is 3.75. The van der Waals surface area contributed by atoms with Crippen LogP contribution in [-0.4, -0.2) is 15.2 Å². The second-order valence-electron chi connectivity index (χ2n) is 2.74. The molecule has 0 saturated heterocycles. The number of halogens is 1. The van der Waals surface area contributed by atoms with Crippen LogP contribution in [0.4, 0.5) is 0 Å². The van der Waals surface area contributed by atoms with Crippen molar-refractivity contribution in [2.45, 2.75) is 13.3 Å². The van der Waals surface area contributed by atoms with Crippen LogP contribution in [0.3, 0.4) is 0 Å². The molecule has 4 nitrogen and oxygen atoms in total. The summed E-state index contributed by atoms with van der Waals surface area (Å²) < 4.78 is 5.07. The number of hydrogen-bond acceptors (Lipinski definition) is 4. The lowest BCUT2D eigenvalue weighted by Crippen LogP contribution is -1.92. The van der Waals surface area contributed by atoms with Crippen molar-refractivity contribution in [3.63, 3.8) is 0 Å². The van der Waals surface area contributed by atoms with Crippen LogP contribution < -0.4 is 0 Å². The highest BCUT2D eigenvalue weighted by Gasteiger charge is 2.10. The van der Waals surface area contributed by atoms with Crippen molar-refractivity contribution in [2.75, 3.05) is 0 Å².